The topological polar surface area (TPSA) is 92.7 Å². The van der Waals surface area contributed by atoms with Gasteiger partial charge in [-0.2, -0.15) is 0 Å². The van der Waals surface area contributed by atoms with Crippen molar-refractivity contribution in [2.75, 3.05) is 7.11 Å². The maximum absolute atomic E-state index is 11.8. The van der Waals surface area contributed by atoms with Crippen LogP contribution < -0.4 is 9.46 Å². The molecular formula is C15H13NO5S. The highest BCUT2D eigenvalue weighted by molar-refractivity contribution is 7.90. The Hall–Kier alpha value is -2.38. The summed E-state index contributed by atoms with van der Waals surface area (Å²) in [5.74, 6) is -0.101. The number of amides is 1. The van der Waals surface area contributed by atoms with Gasteiger partial charge in [0, 0.05) is 5.56 Å². The number of carbonyl (C=O) groups excluding carboxylic acids is 1. The lowest BCUT2D eigenvalue weighted by Gasteiger charge is -2.11. The number of ether oxygens (including phenoxy) is 1. The fourth-order valence-electron chi connectivity index (χ4n) is 2.41. The molecule has 0 unspecified atom stereocenters. The first kappa shape index (κ1) is 14.6. The van der Waals surface area contributed by atoms with E-state index < -0.39 is 15.9 Å². The van der Waals surface area contributed by atoms with Crippen LogP contribution >= 0.6 is 0 Å². The lowest BCUT2D eigenvalue weighted by atomic mass is 10.0. The van der Waals surface area contributed by atoms with E-state index in [1.807, 2.05) is 4.72 Å². The summed E-state index contributed by atoms with van der Waals surface area (Å²) in [5.41, 5.74) is 2.18. The molecule has 7 heteroatoms. The van der Waals surface area contributed by atoms with Crippen molar-refractivity contribution in [3.8, 4) is 16.9 Å². The van der Waals surface area contributed by atoms with Gasteiger partial charge in [0.15, 0.2) is 0 Å². The second kappa shape index (κ2) is 5.11. The molecule has 0 bridgehead atoms. The maximum atomic E-state index is 11.8. The summed E-state index contributed by atoms with van der Waals surface area (Å²) in [6.07, 6.45) is 0. The van der Waals surface area contributed by atoms with Crippen molar-refractivity contribution in [1.29, 1.82) is 0 Å². The van der Waals surface area contributed by atoms with E-state index >= 15 is 0 Å². The average Bonchev–Trinajstić information content (AvgIpc) is 2.75. The summed E-state index contributed by atoms with van der Waals surface area (Å²) in [6, 6.07) is 9.73. The molecule has 2 aromatic rings. The molecule has 0 saturated heterocycles. The molecule has 1 aliphatic heterocycles. The molecule has 0 atom stereocenters. The zero-order chi connectivity index (χ0) is 15.9. The Morgan fingerprint density at radius 3 is 2.59 bits per heavy atom. The van der Waals surface area contributed by atoms with Crippen molar-refractivity contribution in [3.05, 3.63) is 47.5 Å². The van der Waals surface area contributed by atoms with Crippen LogP contribution in [0, 0.1) is 0 Å². The first-order chi connectivity index (χ1) is 10.5. The van der Waals surface area contributed by atoms with Gasteiger partial charge in [-0.25, -0.2) is 13.1 Å². The Morgan fingerprint density at radius 1 is 1.14 bits per heavy atom. The molecule has 1 amide bonds. The first-order valence-electron chi connectivity index (χ1n) is 6.45. The van der Waals surface area contributed by atoms with Crippen molar-refractivity contribution in [2.45, 2.75) is 11.5 Å². The first-order valence-corrected chi connectivity index (χ1v) is 7.94. The Labute approximate surface area is 127 Å². The van der Waals surface area contributed by atoms with Crippen molar-refractivity contribution in [2.24, 2.45) is 0 Å². The van der Waals surface area contributed by atoms with Crippen LogP contribution in [-0.2, 0) is 16.6 Å². The SMILES string of the molecule is COc1cc(CO)ccc1-c1ccc2c(c1)C(=O)NS2(=O)=O. The number of aliphatic hydroxyl groups excluding tert-OH is 1. The fourth-order valence-corrected chi connectivity index (χ4v) is 3.57. The third-order valence-electron chi connectivity index (χ3n) is 3.50. The normalized spacial score (nSPS) is 15.3. The van der Waals surface area contributed by atoms with Crippen LogP contribution in [0.5, 0.6) is 5.75 Å². The van der Waals surface area contributed by atoms with E-state index in [0.717, 1.165) is 0 Å². The molecule has 0 radical (unpaired) electrons. The highest BCUT2D eigenvalue weighted by Crippen LogP contribution is 2.34. The summed E-state index contributed by atoms with van der Waals surface area (Å²) in [6.45, 7) is -0.110. The molecule has 1 heterocycles. The molecule has 0 aromatic heterocycles. The lowest BCUT2D eigenvalue weighted by Crippen LogP contribution is -2.20. The van der Waals surface area contributed by atoms with Crippen LogP contribution in [-0.4, -0.2) is 26.5 Å². The Bertz CT molecular complexity index is 873. The molecule has 3 rings (SSSR count). The van der Waals surface area contributed by atoms with E-state index in [1.165, 1.54) is 19.2 Å². The van der Waals surface area contributed by atoms with Gasteiger partial charge in [-0.05, 0) is 29.3 Å². The van der Waals surface area contributed by atoms with Gasteiger partial charge in [0.25, 0.3) is 15.9 Å². The smallest absolute Gasteiger partial charge is 0.266 e. The van der Waals surface area contributed by atoms with E-state index in [2.05, 4.69) is 0 Å². The highest BCUT2D eigenvalue weighted by Gasteiger charge is 2.32. The quantitative estimate of drug-likeness (QED) is 0.889. The number of benzene rings is 2. The molecule has 6 nitrogen and oxygen atoms in total. The van der Waals surface area contributed by atoms with Crippen LogP contribution in [0.4, 0.5) is 0 Å². The number of methoxy groups -OCH3 is 1. The van der Waals surface area contributed by atoms with E-state index in [0.29, 0.717) is 22.4 Å². The minimum Gasteiger partial charge on any atom is -0.496 e. The Kier molecular flexibility index (Phi) is 3.38. The monoisotopic (exact) mass is 319 g/mol. The molecule has 0 aliphatic carbocycles. The minimum absolute atomic E-state index is 0.0211. The van der Waals surface area contributed by atoms with E-state index in [1.54, 1.807) is 24.3 Å². The van der Waals surface area contributed by atoms with Crippen LogP contribution in [0.25, 0.3) is 11.1 Å². The number of rotatable bonds is 3. The Morgan fingerprint density at radius 2 is 1.91 bits per heavy atom. The lowest BCUT2D eigenvalue weighted by molar-refractivity contribution is 0.0985. The molecule has 0 saturated carbocycles. The second-order valence-corrected chi connectivity index (χ2v) is 6.49. The van der Waals surface area contributed by atoms with Crippen LogP contribution in [0.2, 0.25) is 0 Å². The van der Waals surface area contributed by atoms with E-state index in [4.69, 9.17) is 9.84 Å². The van der Waals surface area contributed by atoms with Gasteiger partial charge in [-0.1, -0.05) is 18.2 Å². The minimum atomic E-state index is -3.74. The standard InChI is InChI=1S/C15H13NO5S/c1-21-13-6-9(8-17)2-4-11(13)10-3-5-14-12(7-10)15(18)16-22(14,19)20/h2-7,17H,8H2,1H3,(H,16,18). The molecule has 2 N–H and O–H groups in total. The number of nitrogens with one attached hydrogen (secondary N) is 1. The summed E-state index contributed by atoms with van der Waals surface area (Å²) in [5, 5.41) is 9.16. The molecular weight excluding hydrogens is 306 g/mol. The predicted octanol–water partition coefficient (Wildman–Crippen LogP) is 1.29. The number of aliphatic hydroxyl groups is 1. The predicted molar refractivity (Wildman–Crippen MR) is 79.0 cm³/mol. The van der Waals surface area contributed by atoms with E-state index in [9.17, 15) is 13.2 Å². The van der Waals surface area contributed by atoms with Crippen molar-refractivity contribution in [3.63, 3.8) is 0 Å². The molecule has 114 valence electrons. The second-order valence-electron chi connectivity index (χ2n) is 4.84. The van der Waals surface area contributed by atoms with Gasteiger partial charge in [0.1, 0.15) is 10.6 Å². The van der Waals surface area contributed by atoms with Gasteiger partial charge in [-0.15, -0.1) is 0 Å². The number of sulfonamides is 1. The molecule has 0 spiro atoms. The van der Waals surface area contributed by atoms with Crippen molar-refractivity contribution in [1.82, 2.24) is 4.72 Å². The summed E-state index contributed by atoms with van der Waals surface area (Å²) < 4.78 is 30.7. The number of hydrogen-bond acceptors (Lipinski definition) is 5. The third kappa shape index (κ3) is 2.24. The highest BCUT2D eigenvalue weighted by atomic mass is 32.2. The van der Waals surface area contributed by atoms with Crippen LogP contribution in [0.15, 0.2) is 41.3 Å². The maximum Gasteiger partial charge on any atom is 0.266 e. The summed E-state index contributed by atoms with van der Waals surface area (Å²) in [7, 11) is -2.24. The largest absolute Gasteiger partial charge is 0.496 e. The number of hydrogen-bond donors (Lipinski definition) is 2. The summed E-state index contributed by atoms with van der Waals surface area (Å²) >= 11 is 0. The zero-order valence-electron chi connectivity index (χ0n) is 11.7. The van der Waals surface area contributed by atoms with Gasteiger partial charge in [0.2, 0.25) is 0 Å². The number of fused-ring (bicyclic) bond motifs is 1. The van der Waals surface area contributed by atoms with Crippen molar-refractivity contribution < 1.29 is 23.1 Å². The van der Waals surface area contributed by atoms with Gasteiger partial charge >= 0.3 is 0 Å². The Balaban J connectivity index is 2.16. The average molecular weight is 319 g/mol. The molecule has 2 aromatic carbocycles. The van der Waals surface area contributed by atoms with Crippen LogP contribution in [0.3, 0.4) is 0 Å². The van der Waals surface area contributed by atoms with Crippen molar-refractivity contribution >= 4 is 15.9 Å². The number of carbonyl (C=O) groups is 1. The molecule has 0 fully saturated rings. The molecule has 1 aliphatic rings. The third-order valence-corrected chi connectivity index (χ3v) is 4.89. The zero-order valence-corrected chi connectivity index (χ0v) is 12.5. The van der Waals surface area contributed by atoms with Gasteiger partial charge in [0.05, 0.1) is 19.3 Å². The molecule has 22 heavy (non-hydrogen) atoms. The van der Waals surface area contributed by atoms with Crippen LogP contribution in [0.1, 0.15) is 15.9 Å². The van der Waals surface area contributed by atoms with Gasteiger partial charge in [-0.3, -0.25) is 4.79 Å². The summed E-state index contributed by atoms with van der Waals surface area (Å²) in [4.78, 5) is 11.7. The van der Waals surface area contributed by atoms with Gasteiger partial charge < -0.3 is 9.84 Å². The van der Waals surface area contributed by atoms with E-state index in [-0.39, 0.29) is 17.1 Å². The fraction of sp³-hybridized carbons (Fsp3) is 0.133.